The van der Waals surface area contributed by atoms with Crippen molar-refractivity contribution in [3.8, 4) is 11.3 Å². The van der Waals surface area contributed by atoms with Crippen molar-refractivity contribution in [1.29, 1.82) is 0 Å². The molecular weight excluding hydrogens is 791 g/mol. The molecule has 255 valence electrons. The predicted octanol–water partition coefficient (Wildman–Crippen LogP) is 12.8. The second-order valence-electron chi connectivity index (χ2n) is 14.3. The minimum atomic E-state index is -0.337. The molecule has 3 aromatic carbocycles. The van der Waals surface area contributed by atoms with E-state index in [1.807, 2.05) is 47.7 Å². The van der Waals surface area contributed by atoms with E-state index in [-0.39, 0.29) is 47.9 Å². The molecule has 0 saturated carbocycles. The average molecular weight is 839 g/mol. The Labute approximate surface area is 303 Å². The van der Waals surface area contributed by atoms with Gasteiger partial charge in [-0.1, -0.05) is 91.5 Å². The molecule has 1 radical (unpaired) electrons. The molecule has 0 fully saturated rings. The number of carbonyl (C=O) groups is 1. The monoisotopic (exact) mass is 839 g/mol. The van der Waals surface area contributed by atoms with Gasteiger partial charge in [0.25, 0.3) is 0 Å². The Morgan fingerprint density at radius 2 is 1.54 bits per heavy atom. The van der Waals surface area contributed by atoms with E-state index >= 15 is 0 Å². The van der Waals surface area contributed by atoms with Gasteiger partial charge in [0, 0.05) is 64.4 Å². The van der Waals surface area contributed by atoms with Crippen molar-refractivity contribution in [3.63, 3.8) is 0 Å². The second kappa shape index (κ2) is 14.7. The molecule has 0 spiro atoms. The molecule has 3 heterocycles. The molecule has 0 bridgehead atoms. The predicted molar refractivity (Wildman–Crippen MR) is 200 cm³/mol. The molecule has 6 heteroatoms. The van der Waals surface area contributed by atoms with Gasteiger partial charge in [-0.15, -0.1) is 40.5 Å². The van der Waals surface area contributed by atoms with Gasteiger partial charge in [0.1, 0.15) is 16.9 Å². The molecule has 1 N–H and O–H groups in total. The van der Waals surface area contributed by atoms with Crippen LogP contribution >= 0.6 is 11.3 Å². The molecule has 48 heavy (non-hydrogen) atoms. The Bertz CT molecular complexity index is 2090. The maximum atomic E-state index is 12.2. The third-order valence-corrected chi connectivity index (χ3v) is 11.3. The normalized spacial score (nSPS) is 12.7. The molecular formula is C42H48IrNO3S-. The number of thiophene rings is 1. The first-order valence-electron chi connectivity index (χ1n) is 16.9. The first-order valence-corrected chi connectivity index (χ1v) is 17.8. The van der Waals surface area contributed by atoms with Crippen molar-refractivity contribution in [2.45, 2.75) is 93.4 Å². The SMILES string of the molecule is CC(C)(C)c1cc(-c2nccc3c2oc2cc4ccsc4cc23)[c-]c2ccccc12.CCC(C)(CC)C(=O)/C=C(\O)C(C)(CC)CC.[Ir]. The van der Waals surface area contributed by atoms with E-state index in [0.717, 1.165) is 64.3 Å². The first-order chi connectivity index (χ1) is 22.3. The van der Waals surface area contributed by atoms with Crippen molar-refractivity contribution < 1.29 is 34.4 Å². The molecule has 0 amide bonds. The quantitative estimate of drug-likeness (QED) is 0.0942. The number of aliphatic hydroxyl groups excluding tert-OH is 1. The number of ketones is 1. The van der Waals surface area contributed by atoms with Crippen LogP contribution in [0.5, 0.6) is 0 Å². The van der Waals surface area contributed by atoms with Gasteiger partial charge in [-0.05, 0) is 66.1 Å². The average Bonchev–Trinajstić information content (AvgIpc) is 3.69. The Kier molecular flexibility index (Phi) is 11.5. The first kappa shape index (κ1) is 37.5. The summed E-state index contributed by atoms with van der Waals surface area (Å²) in [5, 5.41) is 18.1. The largest absolute Gasteiger partial charge is 0.512 e. The zero-order valence-corrected chi connectivity index (χ0v) is 32.9. The van der Waals surface area contributed by atoms with E-state index in [4.69, 9.17) is 9.40 Å². The molecule has 0 aliphatic rings. The van der Waals surface area contributed by atoms with Crippen molar-refractivity contribution in [2.75, 3.05) is 0 Å². The maximum Gasteiger partial charge on any atom is 0.164 e. The van der Waals surface area contributed by atoms with Crippen LogP contribution in [0.15, 0.2) is 82.4 Å². The molecule has 0 aliphatic carbocycles. The fraction of sp³-hybridized carbons (Fsp3) is 0.381. The Balaban J connectivity index is 0.000000251. The molecule has 0 saturated heterocycles. The van der Waals surface area contributed by atoms with Crippen LogP contribution in [0, 0.1) is 16.9 Å². The summed E-state index contributed by atoms with van der Waals surface area (Å²) in [5.74, 6) is 0.286. The number of rotatable bonds is 8. The summed E-state index contributed by atoms with van der Waals surface area (Å²) in [6.07, 6.45) is 6.63. The summed E-state index contributed by atoms with van der Waals surface area (Å²) in [7, 11) is 0. The molecule has 6 rings (SSSR count). The summed E-state index contributed by atoms with van der Waals surface area (Å²) in [6, 6.07) is 22.8. The third-order valence-electron chi connectivity index (χ3n) is 10.4. The second-order valence-corrected chi connectivity index (χ2v) is 15.2. The zero-order valence-electron chi connectivity index (χ0n) is 29.7. The molecule has 0 aliphatic heterocycles. The number of hydrogen-bond donors (Lipinski definition) is 1. The standard InChI is InChI=1S/C27H20NOS.C15H28O2.Ir/c1-27(2,3)22-13-18(12-16-6-4-5-7-19(16)22)25-26-20(8-10-28-25)21-15-24-17(9-11-30-24)14-23(21)29-26;1-7-14(5,8-2)12(16)11-13(17)15(6,9-3)10-4;/h4-11,13-15H,1-3H3;11,16H,7-10H2,1-6H3;/q-1;;/b;12-11-;. The van der Waals surface area contributed by atoms with Crippen molar-refractivity contribution in [1.82, 2.24) is 4.98 Å². The summed E-state index contributed by atoms with van der Waals surface area (Å²) in [5.41, 5.74) is 4.26. The summed E-state index contributed by atoms with van der Waals surface area (Å²) in [4.78, 5) is 16.9. The number of carbonyl (C=O) groups excluding carboxylic acids is 1. The number of hydrogen-bond acceptors (Lipinski definition) is 5. The zero-order chi connectivity index (χ0) is 34.1. The van der Waals surface area contributed by atoms with Gasteiger partial charge in [0.2, 0.25) is 0 Å². The van der Waals surface area contributed by atoms with Crippen molar-refractivity contribution in [3.05, 3.63) is 89.6 Å². The number of pyridine rings is 1. The van der Waals surface area contributed by atoms with Crippen LogP contribution < -0.4 is 0 Å². The van der Waals surface area contributed by atoms with Crippen LogP contribution in [0.25, 0.3) is 54.1 Å². The number of allylic oxidation sites excluding steroid dienone is 2. The fourth-order valence-corrected chi connectivity index (χ4v) is 6.82. The van der Waals surface area contributed by atoms with E-state index < -0.39 is 0 Å². The van der Waals surface area contributed by atoms with E-state index in [0.29, 0.717) is 0 Å². The maximum absolute atomic E-state index is 12.2. The Morgan fingerprint density at radius 1 is 0.875 bits per heavy atom. The number of fused-ring (bicyclic) bond motifs is 5. The van der Waals surface area contributed by atoms with Gasteiger partial charge in [0.05, 0.1) is 0 Å². The summed E-state index contributed by atoms with van der Waals surface area (Å²) >= 11 is 1.76. The van der Waals surface area contributed by atoms with E-state index in [1.54, 1.807) is 11.3 Å². The van der Waals surface area contributed by atoms with E-state index in [9.17, 15) is 9.90 Å². The third kappa shape index (κ3) is 7.17. The van der Waals surface area contributed by atoms with E-state index in [1.165, 1.54) is 27.1 Å². The minimum Gasteiger partial charge on any atom is -0.512 e. The van der Waals surface area contributed by atoms with Gasteiger partial charge in [-0.25, -0.2) is 0 Å². The van der Waals surface area contributed by atoms with Gasteiger partial charge < -0.3 is 9.52 Å². The molecule has 0 unspecified atom stereocenters. The van der Waals surface area contributed by atoms with Gasteiger partial charge >= 0.3 is 0 Å². The number of furan rings is 1. The fourth-order valence-electron chi connectivity index (χ4n) is 6.01. The number of nitrogens with zero attached hydrogens (tertiary/aromatic N) is 1. The van der Waals surface area contributed by atoms with Crippen LogP contribution in [0.1, 0.15) is 93.6 Å². The van der Waals surface area contributed by atoms with Gasteiger partial charge in [0.15, 0.2) is 5.78 Å². The van der Waals surface area contributed by atoms with Gasteiger partial charge in [-0.2, -0.15) is 0 Å². The van der Waals surface area contributed by atoms with Crippen LogP contribution in [0.3, 0.4) is 0 Å². The van der Waals surface area contributed by atoms with E-state index in [2.05, 4.69) is 86.8 Å². The molecule has 0 atom stereocenters. The van der Waals surface area contributed by atoms with Crippen LogP contribution in [-0.2, 0) is 30.3 Å². The van der Waals surface area contributed by atoms with Crippen LogP contribution in [-0.4, -0.2) is 15.9 Å². The Hall–Kier alpha value is -3.31. The summed E-state index contributed by atoms with van der Waals surface area (Å²) < 4.78 is 7.65. The molecule has 4 nitrogen and oxygen atoms in total. The molecule has 3 aromatic heterocycles. The summed E-state index contributed by atoms with van der Waals surface area (Å²) in [6.45, 7) is 18.8. The topological polar surface area (TPSA) is 63.3 Å². The minimum absolute atomic E-state index is 0. The Morgan fingerprint density at radius 3 is 2.19 bits per heavy atom. The van der Waals surface area contributed by atoms with Crippen molar-refractivity contribution >= 4 is 59.9 Å². The van der Waals surface area contributed by atoms with Crippen LogP contribution in [0.4, 0.5) is 0 Å². The number of aromatic nitrogens is 1. The number of benzene rings is 3. The van der Waals surface area contributed by atoms with Crippen molar-refractivity contribution in [2.24, 2.45) is 10.8 Å². The number of aliphatic hydroxyl groups is 1. The smallest absolute Gasteiger partial charge is 0.164 e. The molecule has 6 aromatic rings. The van der Waals surface area contributed by atoms with Gasteiger partial charge in [-0.3, -0.25) is 9.78 Å². The van der Waals surface area contributed by atoms with Crippen LogP contribution in [0.2, 0.25) is 0 Å².